The lowest BCUT2D eigenvalue weighted by Crippen LogP contribution is -2.43. The van der Waals surface area contributed by atoms with Gasteiger partial charge in [0.15, 0.2) is 0 Å². The van der Waals surface area contributed by atoms with Crippen molar-refractivity contribution in [3.63, 3.8) is 0 Å². The zero-order valence-electron chi connectivity index (χ0n) is 19.2. The van der Waals surface area contributed by atoms with E-state index in [1.807, 2.05) is 42.5 Å². The van der Waals surface area contributed by atoms with E-state index in [0.29, 0.717) is 28.4 Å². The Morgan fingerprint density at radius 3 is 2.35 bits per heavy atom. The number of H-pyrrole nitrogens is 1. The molecule has 0 amide bonds. The minimum absolute atomic E-state index is 0.205. The van der Waals surface area contributed by atoms with Crippen LogP contribution in [0.1, 0.15) is 0 Å². The second kappa shape index (κ2) is 9.44. The summed E-state index contributed by atoms with van der Waals surface area (Å²) in [5.74, 6) is 1.75. The molecule has 0 spiro atoms. The summed E-state index contributed by atoms with van der Waals surface area (Å²) in [6.07, 6.45) is 1.64. The maximum atomic E-state index is 12.7. The van der Waals surface area contributed by atoms with Gasteiger partial charge < -0.3 is 30.0 Å². The molecule has 0 saturated carbocycles. The van der Waals surface area contributed by atoms with Gasteiger partial charge in [0.1, 0.15) is 17.3 Å². The van der Waals surface area contributed by atoms with E-state index in [4.69, 9.17) is 14.5 Å². The second-order valence-corrected chi connectivity index (χ2v) is 8.07. The van der Waals surface area contributed by atoms with E-state index in [-0.39, 0.29) is 5.56 Å². The summed E-state index contributed by atoms with van der Waals surface area (Å²) in [5, 5.41) is 7.99. The van der Waals surface area contributed by atoms with Crippen LogP contribution in [0.25, 0.3) is 22.0 Å². The number of fused-ring (bicyclic) bond motifs is 1. The number of hydrogen-bond donors (Lipinski definition) is 3. The molecule has 2 aromatic carbocycles. The highest BCUT2D eigenvalue weighted by molar-refractivity contribution is 5.96. The maximum absolute atomic E-state index is 12.7. The first-order valence-electron chi connectivity index (χ1n) is 11.2. The van der Waals surface area contributed by atoms with Crippen molar-refractivity contribution < 1.29 is 9.47 Å². The Bertz CT molecular complexity index is 1340. The van der Waals surface area contributed by atoms with Crippen LogP contribution in [0.4, 0.5) is 17.2 Å². The zero-order valence-corrected chi connectivity index (χ0v) is 19.2. The fourth-order valence-electron chi connectivity index (χ4n) is 4.35. The molecular formula is C26H27N5O3. The van der Waals surface area contributed by atoms with Crippen molar-refractivity contribution in [3.8, 4) is 22.8 Å². The van der Waals surface area contributed by atoms with Crippen molar-refractivity contribution >= 4 is 28.0 Å². The van der Waals surface area contributed by atoms with Gasteiger partial charge in [0.25, 0.3) is 5.56 Å². The molecule has 8 heteroatoms. The van der Waals surface area contributed by atoms with Crippen LogP contribution >= 0.6 is 0 Å². The molecule has 1 fully saturated rings. The largest absolute Gasteiger partial charge is 0.496 e. The molecule has 174 valence electrons. The van der Waals surface area contributed by atoms with E-state index < -0.39 is 0 Å². The van der Waals surface area contributed by atoms with Gasteiger partial charge in [0.05, 0.1) is 30.9 Å². The minimum Gasteiger partial charge on any atom is -0.496 e. The predicted octanol–water partition coefficient (Wildman–Crippen LogP) is 3.76. The Morgan fingerprint density at radius 2 is 1.68 bits per heavy atom. The Hall–Kier alpha value is -4.04. The van der Waals surface area contributed by atoms with Crippen molar-refractivity contribution in [2.45, 2.75) is 0 Å². The molecule has 0 radical (unpaired) electrons. The molecule has 0 aliphatic carbocycles. The Balaban J connectivity index is 1.58. The summed E-state index contributed by atoms with van der Waals surface area (Å²) in [6.45, 7) is 3.93. The number of benzene rings is 2. The van der Waals surface area contributed by atoms with E-state index in [2.05, 4.69) is 32.7 Å². The number of rotatable bonds is 6. The van der Waals surface area contributed by atoms with Crippen molar-refractivity contribution in [2.75, 3.05) is 50.6 Å². The average Bonchev–Trinajstić information content (AvgIpc) is 2.89. The molecule has 5 rings (SSSR count). The number of nitrogens with one attached hydrogen (secondary N) is 3. The summed E-state index contributed by atoms with van der Waals surface area (Å²) in [7, 11) is 3.23. The molecule has 1 aliphatic rings. The summed E-state index contributed by atoms with van der Waals surface area (Å²) < 4.78 is 11.2. The number of aromatic amines is 1. The highest BCUT2D eigenvalue weighted by Gasteiger charge is 2.18. The molecule has 1 aliphatic heterocycles. The first-order chi connectivity index (χ1) is 16.7. The molecule has 0 atom stereocenters. The lowest BCUT2D eigenvalue weighted by molar-refractivity contribution is 0.397. The summed E-state index contributed by atoms with van der Waals surface area (Å²) in [6, 6.07) is 17.5. The fourth-order valence-corrected chi connectivity index (χ4v) is 4.35. The highest BCUT2D eigenvalue weighted by Crippen LogP contribution is 2.39. The first kappa shape index (κ1) is 21.8. The maximum Gasteiger partial charge on any atom is 0.259 e. The molecule has 0 unspecified atom stereocenters. The topological polar surface area (TPSA) is 91.5 Å². The van der Waals surface area contributed by atoms with Crippen LogP contribution in [-0.4, -0.2) is 50.4 Å². The molecular weight excluding hydrogens is 430 g/mol. The molecule has 3 heterocycles. The normalized spacial score (nSPS) is 13.6. The quantitative estimate of drug-likeness (QED) is 0.406. The molecule has 2 aromatic heterocycles. The van der Waals surface area contributed by atoms with Gasteiger partial charge in [-0.2, -0.15) is 0 Å². The van der Waals surface area contributed by atoms with Gasteiger partial charge in [-0.25, -0.2) is 4.98 Å². The van der Waals surface area contributed by atoms with Gasteiger partial charge in [-0.1, -0.05) is 6.07 Å². The van der Waals surface area contributed by atoms with E-state index in [1.54, 1.807) is 20.4 Å². The zero-order chi connectivity index (χ0) is 23.5. The minimum atomic E-state index is -0.205. The van der Waals surface area contributed by atoms with Gasteiger partial charge in [0.2, 0.25) is 0 Å². The number of methoxy groups -OCH3 is 2. The number of hydrogen-bond acceptors (Lipinski definition) is 7. The molecule has 4 aromatic rings. The number of ether oxygens (including phenoxy) is 2. The highest BCUT2D eigenvalue weighted by atomic mass is 16.5. The third-order valence-electron chi connectivity index (χ3n) is 6.05. The van der Waals surface area contributed by atoms with Crippen LogP contribution in [0.2, 0.25) is 0 Å². The molecule has 1 saturated heterocycles. The van der Waals surface area contributed by atoms with Crippen molar-refractivity contribution in [2.24, 2.45) is 0 Å². The molecule has 34 heavy (non-hydrogen) atoms. The van der Waals surface area contributed by atoms with Crippen LogP contribution in [-0.2, 0) is 0 Å². The van der Waals surface area contributed by atoms with Crippen molar-refractivity contribution in [1.29, 1.82) is 0 Å². The molecule has 8 nitrogen and oxygen atoms in total. The summed E-state index contributed by atoms with van der Waals surface area (Å²) in [4.78, 5) is 22.7. The average molecular weight is 458 g/mol. The van der Waals surface area contributed by atoms with Crippen LogP contribution in [0, 0.1) is 0 Å². The smallest absolute Gasteiger partial charge is 0.259 e. The molecule has 3 N–H and O–H groups in total. The van der Waals surface area contributed by atoms with Gasteiger partial charge in [-0.3, -0.25) is 4.79 Å². The number of aromatic nitrogens is 2. The molecule has 0 bridgehead atoms. The number of nitrogens with zero attached hydrogens (tertiary/aromatic N) is 2. The predicted molar refractivity (Wildman–Crippen MR) is 136 cm³/mol. The van der Waals surface area contributed by atoms with Gasteiger partial charge in [-0.05, 0) is 53.9 Å². The third kappa shape index (κ3) is 4.15. The monoisotopic (exact) mass is 457 g/mol. The lowest BCUT2D eigenvalue weighted by atomic mass is 10.1. The van der Waals surface area contributed by atoms with Gasteiger partial charge in [0, 0.05) is 43.8 Å². The van der Waals surface area contributed by atoms with E-state index in [0.717, 1.165) is 42.8 Å². The first-order valence-corrected chi connectivity index (χ1v) is 11.2. The standard InChI is InChI=1S/C26H27N5O3/c1-33-21-4-3-5-22(34-2)24(21)20-16-17-10-11-28-26(32)23(17)25(30-20)29-18-6-8-19(9-7-18)31-14-12-27-13-15-31/h3-11,16,27H,12-15H2,1-2H3,(H,28,32)(H,29,30). The third-order valence-corrected chi connectivity index (χ3v) is 6.05. The summed E-state index contributed by atoms with van der Waals surface area (Å²) in [5.41, 5.74) is 3.19. The van der Waals surface area contributed by atoms with Crippen LogP contribution in [0.15, 0.2) is 65.6 Å². The van der Waals surface area contributed by atoms with Crippen molar-refractivity contribution in [1.82, 2.24) is 15.3 Å². The Kier molecular flexibility index (Phi) is 6.05. The number of pyridine rings is 2. The SMILES string of the molecule is COc1cccc(OC)c1-c1cc2cc[nH]c(=O)c2c(Nc2ccc(N3CCNCC3)cc2)n1. The van der Waals surface area contributed by atoms with Gasteiger partial charge in [-0.15, -0.1) is 0 Å². The van der Waals surface area contributed by atoms with Gasteiger partial charge >= 0.3 is 0 Å². The van der Waals surface area contributed by atoms with Crippen molar-refractivity contribution in [3.05, 3.63) is 71.1 Å². The van der Waals surface area contributed by atoms with Crippen LogP contribution in [0.5, 0.6) is 11.5 Å². The number of anilines is 3. The van der Waals surface area contributed by atoms with E-state index >= 15 is 0 Å². The summed E-state index contributed by atoms with van der Waals surface area (Å²) >= 11 is 0. The van der Waals surface area contributed by atoms with Crippen LogP contribution in [0.3, 0.4) is 0 Å². The van der Waals surface area contributed by atoms with Crippen LogP contribution < -0.4 is 30.6 Å². The lowest BCUT2D eigenvalue weighted by Gasteiger charge is -2.29. The second-order valence-electron chi connectivity index (χ2n) is 8.07. The van der Waals surface area contributed by atoms with E-state index in [9.17, 15) is 4.79 Å². The van der Waals surface area contributed by atoms with E-state index in [1.165, 1.54) is 5.69 Å². The Labute approximate surface area is 197 Å². The number of piperazine rings is 1. The Morgan fingerprint density at radius 1 is 0.971 bits per heavy atom. The fraction of sp³-hybridized carbons (Fsp3) is 0.231.